The molecule has 2 rings (SSSR count). The zero-order valence-electron chi connectivity index (χ0n) is 13.1. The number of rotatable bonds is 5. The first-order valence-electron chi connectivity index (χ1n) is 7.47. The third kappa shape index (κ3) is 5.78. The fourth-order valence-corrected chi connectivity index (χ4v) is 2.05. The van der Waals surface area contributed by atoms with Crippen molar-refractivity contribution in [3.05, 3.63) is 65.5 Å². The van der Waals surface area contributed by atoms with E-state index in [1.165, 1.54) is 0 Å². The summed E-state index contributed by atoms with van der Waals surface area (Å²) in [5.74, 6) is -0.0248. The Bertz CT molecular complexity index is 657. The largest absolute Gasteiger partial charge is 0.356 e. The van der Waals surface area contributed by atoms with Crippen LogP contribution in [0.5, 0.6) is 0 Å². The third-order valence-corrected chi connectivity index (χ3v) is 3.35. The molecule has 0 unspecified atom stereocenters. The van der Waals surface area contributed by atoms with Crippen molar-refractivity contribution in [1.82, 2.24) is 20.9 Å². The molecule has 0 aliphatic carbocycles. The zero-order valence-corrected chi connectivity index (χ0v) is 13.1. The SMILES string of the molecule is Cc1ccccc1CNC(=O)NC(=N)NCCc1ccccn1. The average Bonchev–Trinajstić information content (AvgIpc) is 2.55. The number of aromatic nitrogens is 1. The standard InChI is InChI=1S/C17H21N5O/c1-13-6-2-3-7-14(13)12-21-17(23)22-16(18)20-11-9-15-8-4-5-10-19-15/h2-8,10H,9,11-12H2,1H3,(H4,18,20,21,22,23). The summed E-state index contributed by atoms with van der Waals surface area (Å²) >= 11 is 0. The van der Waals surface area contributed by atoms with Gasteiger partial charge >= 0.3 is 6.03 Å². The highest BCUT2D eigenvalue weighted by molar-refractivity contribution is 5.94. The molecule has 0 fully saturated rings. The fourth-order valence-electron chi connectivity index (χ4n) is 2.05. The monoisotopic (exact) mass is 311 g/mol. The molecule has 2 aromatic rings. The lowest BCUT2D eigenvalue weighted by molar-refractivity contribution is 0.244. The Morgan fingerprint density at radius 1 is 1.13 bits per heavy atom. The normalized spacial score (nSPS) is 9.96. The number of carbonyl (C=O) groups is 1. The first-order valence-corrected chi connectivity index (χ1v) is 7.47. The fraction of sp³-hybridized carbons (Fsp3) is 0.235. The van der Waals surface area contributed by atoms with Crippen LogP contribution in [0.25, 0.3) is 0 Å². The molecule has 0 saturated carbocycles. The van der Waals surface area contributed by atoms with Crippen LogP contribution in [0.2, 0.25) is 0 Å². The summed E-state index contributed by atoms with van der Waals surface area (Å²) in [6.45, 7) is 2.96. The number of urea groups is 1. The number of benzene rings is 1. The lowest BCUT2D eigenvalue weighted by Gasteiger charge is -2.11. The average molecular weight is 311 g/mol. The maximum atomic E-state index is 11.8. The van der Waals surface area contributed by atoms with Crippen molar-refractivity contribution < 1.29 is 4.79 Å². The highest BCUT2D eigenvalue weighted by Crippen LogP contribution is 2.05. The lowest BCUT2D eigenvalue weighted by atomic mass is 10.1. The molecular weight excluding hydrogens is 290 g/mol. The number of hydrogen-bond acceptors (Lipinski definition) is 3. The summed E-state index contributed by atoms with van der Waals surface area (Å²) < 4.78 is 0. The van der Waals surface area contributed by atoms with Crippen LogP contribution in [0.4, 0.5) is 4.79 Å². The Kier molecular flexibility index (Phi) is 6.11. The van der Waals surface area contributed by atoms with Gasteiger partial charge in [-0.05, 0) is 30.2 Å². The first-order chi connectivity index (χ1) is 11.1. The van der Waals surface area contributed by atoms with Crippen molar-refractivity contribution in [2.45, 2.75) is 19.9 Å². The predicted octanol–water partition coefficient (Wildman–Crippen LogP) is 1.96. The number of nitrogens with one attached hydrogen (secondary N) is 4. The van der Waals surface area contributed by atoms with Gasteiger partial charge in [0.1, 0.15) is 0 Å². The maximum Gasteiger partial charge on any atom is 0.321 e. The molecule has 0 atom stereocenters. The molecule has 0 saturated heterocycles. The molecule has 1 heterocycles. The maximum absolute atomic E-state index is 11.8. The number of hydrogen-bond donors (Lipinski definition) is 4. The van der Waals surface area contributed by atoms with Gasteiger partial charge in [-0.3, -0.25) is 15.7 Å². The van der Waals surface area contributed by atoms with E-state index in [4.69, 9.17) is 5.41 Å². The summed E-state index contributed by atoms with van der Waals surface area (Å²) in [6.07, 6.45) is 2.42. The van der Waals surface area contributed by atoms with Crippen LogP contribution in [0, 0.1) is 12.3 Å². The van der Waals surface area contributed by atoms with E-state index < -0.39 is 6.03 Å². The van der Waals surface area contributed by atoms with E-state index in [2.05, 4.69) is 20.9 Å². The van der Waals surface area contributed by atoms with E-state index in [-0.39, 0.29) is 5.96 Å². The van der Waals surface area contributed by atoms with Gasteiger partial charge in [0.05, 0.1) is 0 Å². The van der Waals surface area contributed by atoms with E-state index in [9.17, 15) is 4.79 Å². The molecule has 1 aromatic heterocycles. The minimum atomic E-state index is -0.399. The highest BCUT2D eigenvalue weighted by Gasteiger charge is 2.05. The Morgan fingerprint density at radius 2 is 1.91 bits per heavy atom. The van der Waals surface area contributed by atoms with Gasteiger partial charge < -0.3 is 10.6 Å². The zero-order chi connectivity index (χ0) is 16.5. The second-order valence-corrected chi connectivity index (χ2v) is 5.11. The summed E-state index contributed by atoms with van der Waals surface area (Å²) in [5, 5.41) is 15.7. The quantitative estimate of drug-likeness (QED) is 0.502. The van der Waals surface area contributed by atoms with Crippen molar-refractivity contribution in [2.75, 3.05) is 6.54 Å². The van der Waals surface area contributed by atoms with Gasteiger partial charge in [0.15, 0.2) is 5.96 Å². The van der Waals surface area contributed by atoms with Gasteiger partial charge in [0, 0.05) is 31.4 Å². The van der Waals surface area contributed by atoms with Gasteiger partial charge in [0.2, 0.25) is 0 Å². The summed E-state index contributed by atoms with van der Waals surface area (Å²) in [7, 11) is 0. The molecule has 120 valence electrons. The minimum Gasteiger partial charge on any atom is -0.356 e. The smallest absolute Gasteiger partial charge is 0.321 e. The molecule has 6 heteroatoms. The van der Waals surface area contributed by atoms with Crippen molar-refractivity contribution in [3.8, 4) is 0 Å². The predicted molar refractivity (Wildman–Crippen MR) is 90.2 cm³/mol. The number of carbonyl (C=O) groups excluding carboxylic acids is 1. The van der Waals surface area contributed by atoms with Gasteiger partial charge in [-0.2, -0.15) is 0 Å². The van der Waals surface area contributed by atoms with Crippen molar-refractivity contribution in [2.24, 2.45) is 0 Å². The molecule has 23 heavy (non-hydrogen) atoms. The molecule has 0 spiro atoms. The molecule has 2 amide bonds. The highest BCUT2D eigenvalue weighted by atomic mass is 16.2. The van der Waals surface area contributed by atoms with Crippen LogP contribution in [-0.2, 0) is 13.0 Å². The topological polar surface area (TPSA) is 89.9 Å². The van der Waals surface area contributed by atoms with Crippen LogP contribution < -0.4 is 16.0 Å². The minimum absolute atomic E-state index is 0.0248. The van der Waals surface area contributed by atoms with Crippen molar-refractivity contribution >= 4 is 12.0 Å². The molecule has 0 aliphatic heterocycles. The summed E-state index contributed by atoms with van der Waals surface area (Å²) in [5.41, 5.74) is 3.12. The molecule has 0 bridgehead atoms. The van der Waals surface area contributed by atoms with E-state index in [1.54, 1.807) is 6.20 Å². The first kappa shape index (κ1) is 16.5. The Morgan fingerprint density at radius 3 is 2.65 bits per heavy atom. The molecule has 6 nitrogen and oxygen atoms in total. The molecular formula is C17H21N5O. The van der Waals surface area contributed by atoms with E-state index in [0.29, 0.717) is 19.5 Å². The van der Waals surface area contributed by atoms with E-state index in [1.807, 2.05) is 49.4 Å². The van der Waals surface area contributed by atoms with Gasteiger partial charge in [-0.15, -0.1) is 0 Å². The number of nitrogens with zero attached hydrogens (tertiary/aromatic N) is 1. The van der Waals surface area contributed by atoms with Crippen LogP contribution >= 0.6 is 0 Å². The number of pyridine rings is 1. The van der Waals surface area contributed by atoms with Gasteiger partial charge in [-0.25, -0.2) is 4.79 Å². The van der Waals surface area contributed by atoms with Crippen LogP contribution in [0.3, 0.4) is 0 Å². The van der Waals surface area contributed by atoms with Gasteiger partial charge in [0.25, 0.3) is 0 Å². The number of aryl methyl sites for hydroxylation is 1. The second kappa shape index (κ2) is 8.53. The number of guanidine groups is 1. The van der Waals surface area contributed by atoms with Crippen LogP contribution in [0.15, 0.2) is 48.7 Å². The molecule has 0 radical (unpaired) electrons. The molecule has 1 aromatic carbocycles. The Hall–Kier alpha value is -2.89. The Labute approximate surface area is 135 Å². The van der Waals surface area contributed by atoms with Crippen LogP contribution in [-0.4, -0.2) is 23.5 Å². The molecule has 0 aliphatic rings. The van der Waals surface area contributed by atoms with E-state index in [0.717, 1.165) is 16.8 Å². The summed E-state index contributed by atoms with van der Waals surface area (Å²) in [6, 6.07) is 13.2. The third-order valence-electron chi connectivity index (χ3n) is 3.35. The Balaban J connectivity index is 1.66. The van der Waals surface area contributed by atoms with Crippen molar-refractivity contribution in [3.63, 3.8) is 0 Å². The van der Waals surface area contributed by atoms with Crippen molar-refractivity contribution in [1.29, 1.82) is 5.41 Å². The second-order valence-electron chi connectivity index (χ2n) is 5.11. The molecule has 4 N–H and O–H groups in total. The summed E-state index contributed by atoms with van der Waals surface area (Å²) in [4.78, 5) is 16.0. The lowest BCUT2D eigenvalue weighted by Crippen LogP contribution is -2.45. The van der Waals surface area contributed by atoms with E-state index >= 15 is 0 Å². The van der Waals surface area contributed by atoms with Crippen LogP contribution in [0.1, 0.15) is 16.8 Å². The van der Waals surface area contributed by atoms with Gasteiger partial charge in [-0.1, -0.05) is 30.3 Å². The number of amides is 2.